The Bertz CT molecular complexity index is 774. The molecule has 0 bridgehead atoms. The monoisotopic (exact) mass is 365 g/mol. The molecule has 2 saturated heterocycles. The number of amides is 1. The summed E-state index contributed by atoms with van der Waals surface area (Å²) in [6.07, 6.45) is 2.19. The number of rotatable bonds is 5. The van der Waals surface area contributed by atoms with Gasteiger partial charge in [0, 0.05) is 36.9 Å². The highest BCUT2D eigenvalue weighted by Gasteiger charge is 2.36. The number of hydrogen-bond acceptors (Lipinski definition) is 4. The fourth-order valence-electron chi connectivity index (χ4n) is 4.20. The summed E-state index contributed by atoms with van der Waals surface area (Å²) in [6.45, 7) is 4.55. The number of carbonyl (C=O) groups excluding carboxylic acids is 1. The fourth-order valence-corrected chi connectivity index (χ4v) is 4.20. The van der Waals surface area contributed by atoms with Gasteiger partial charge in [-0.2, -0.15) is 0 Å². The zero-order valence-electron chi connectivity index (χ0n) is 15.6. The lowest BCUT2D eigenvalue weighted by atomic mass is 10.1. The third-order valence-electron chi connectivity index (χ3n) is 5.57. The average Bonchev–Trinajstić information content (AvgIpc) is 3.32. The number of β-amino-alcohol motifs (C(OH)–C–C–N with tert-alkyl or cyclic N) is 1. The van der Waals surface area contributed by atoms with Gasteiger partial charge in [0.2, 0.25) is 0 Å². The van der Waals surface area contributed by atoms with Crippen molar-refractivity contribution >= 4 is 11.6 Å². The molecule has 5 heteroatoms. The van der Waals surface area contributed by atoms with Crippen LogP contribution < -0.4 is 5.32 Å². The topological polar surface area (TPSA) is 55.8 Å². The first-order valence-electron chi connectivity index (χ1n) is 9.79. The van der Waals surface area contributed by atoms with E-state index in [0.717, 1.165) is 37.4 Å². The standard InChI is InChI=1S/C22H27N3O2/c26-21-16-24(15-20(21)25-11-4-5-12-25)14-17-7-6-8-18(13-17)22(27)23-19-9-2-1-3-10-19/h1-3,6-10,13,20-21,26H,4-5,11-12,14-16H2,(H,23,27)/t20-,21-/m0/s1. The molecule has 0 aliphatic carbocycles. The number of likely N-dealkylation sites (tertiary alicyclic amines) is 2. The second kappa shape index (κ2) is 8.21. The lowest BCUT2D eigenvalue weighted by molar-refractivity contribution is 0.0977. The van der Waals surface area contributed by atoms with Crippen LogP contribution in [0.3, 0.4) is 0 Å². The van der Waals surface area contributed by atoms with Crippen LogP contribution in [0.5, 0.6) is 0 Å². The van der Waals surface area contributed by atoms with E-state index in [0.29, 0.717) is 12.1 Å². The zero-order chi connectivity index (χ0) is 18.6. The largest absolute Gasteiger partial charge is 0.390 e. The number of para-hydroxylation sites is 1. The van der Waals surface area contributed by atoms with E-state index in [1.54, 1.807) is 0 Å². The second-order valence-electron chi connectivity index (χ2n) is 7.59. The lowest BCUT2D eigenvalue weighted by Crippen LogP contribution is -2.41. The Morgan fingerprint density at radius 1 is 1.04 bits per heavy atom. The number of aliphatic hydroxyl groups is 1. The summed E-state index contributed by atoms with van der Waals surface area (Å²) in [6, 6.07) is 17.5. The quantitative estimate of drug-likeness (QED) is 0.855. The van der Waals surface area contributed by atoms with E-state index in [1.807, 2.05) is 48.5 Å². The Kier molecular flexibility index (Phi) is 5.53. The molecule has 2 aliphatic rings. The molecule has 142 valence electrons. The van der Waals surface area contributed by atoms with E-state index in [4.69, 9.17) is 0 Å². The lowest BCUT2D eigenvalue weighted by Gasteiger charge is -2.25. The first kappa shape index (κ1) is 18.2. The maximum Gasteiger partial charge on any atom is 0.255 e. The van der Waals surface area contributed by atoms with E-state index in [9.17, 15) is 9.90 Å². The summed E-state index contributed by atoms with van der Waals surface area (Å²) in [5.74, 6) is -0.0977. The number of anilines is 1. The Hall–Kier alpha value is -2.21. The van der Waals surface area contributed by atoms with Crippen LogP contribution in [0, 0.1) is 0 Å². The third kappa shape index (κ3) is 4.38. The molecular weight excluding hydrogens is 338 g/mol. The molecule has 0 unspecified atom stereocenters. The van der Waals surface area contributed by atoms with Crippen molar-refractivity contribution in [2.24, 2.45) is 0 Å². The highest BCUT2D eigenvalue weighted by molar-refractivity contribution is 6.04. The second-order valence-corrected chi connectivity index (χ2v) is 7.59. The van der Waals surface area contributed by atoms with Gasteiger partial charge in [0.1, 0.15) is 0 Å². The number of nitrogens with zero attached hydrogens (tertiary/aromatic N) is 2. The molecule has 2 N–H and O–H groups in total. The van der Waals surface area contributed by atoms with Crippen molar-refractivity contribution in [3.8, 4) is 0 Å². The normalized spacial score (nSPS) is 23.6. The van der Waals surface area contributed by atoms with Gasteiger partial charge in [-0.25, -0.2) is 0 Å². The average molecular weight is 365 g/mol. The Morgan fingerprint density at radius 2 is 1.81 bits per heavy atom. The van der Waals surface area contributed by atoms with Crippen LogP contribution in [-0.2, 0) is 6.54 Å². The Balaban J connectivity index is 1.38. The minimum Gasteiger partial charge on any atom is -0.390 e. The van der Waals surface area contributed by atoms with Crippen molar-refractivity contribution in [3.63, 3.8) is 0 Å². The highest BCUT2D eigenvalue weighted by Crippen LogP contribution is 2.22. The molecular formula is C22H27N3O2. The van der Waals surface area contributed by atoms with E-state index >= 15 is 0 Å². The van der Waals surface area contributed by atoms with Gasteiger partial charge in [-0.1, -0.05) is 30.3 Å². The molecule has 0 saturated carbocycles. The molecule has 0 aromatic heterocycles. The summed E-state index contributed by atoms with van der Waals surface area (Å²) >= 11 is 0. The van der Waals surface area contributed by atoms with Gasteiger partial charge in [-0.15, -0.1) is 0 Å². The highest BCUT2D eigenvalue weighted by atomic mass is 16.3. The van der Waals surface area contributed by atoms with Crippen molar-refractivity contribution in [2.75, 3.05) is 31.5 Å². The van der Waals surface area contributed by atoms with Crippen molar-refractivity contribution in [1.82, 2.24) is 9.80 Å². The number of aliphatic hydroxyl groups excluding tert-OH is 1. The van der Waals surface area contributed by atoms with Gasteiger partial charge >= 0.3 is 0 Å². The molecule has 4 rings (SSSR count). The van der Waals surface area contributed by atoms with Crippen molar-refractivity contribution in [3.05, 3.63) is 65.7 Å². The maximum absolute atomic E-state index is 12.5. The smallest absolute Gasteiger partial charge is 0.255 e. The summed E-state index contributed by atoms with van der Waals surface area (Å²) in [5, 5.41) is 13.4. The number of nitrogens with one attached hydrogen (secondary N) is 1. The summed E-state index contributed by atoms with van der Waals surface area (Å²) in [5.41, 5.74) is 2.56. The van der Waals surface area contributed by atoms with Crippen molar-refractivity contribution in [2.45, 2.75) is 31.5 Å². The van der Waals surface area contributed by atoms with Gasteiger partial charge in [0.05, 0.1) is 6.10 Å². The summed E-state index contributed by atoms with van der Waals surface area (Å²) < 4.78 is 0. The molecule has 2 heterocycles. The van der Waals surface area contributed by atoms with Crippen LogP contribution in [-0.4, -0.2) is 59.1 Å². The van der Waals surface area contributed by atoms with Gasteiger partial charge in [0.15, 0.2) is 0 Å². The SMILES string of the molecule is O=C(Nc1ccccc1)c1cccc(CN2C[C@H](O)[C@@H](N3CCCC3)C2)c1. The third-order valence-corrected chi connectivity index (χ3v) is 5.57. The van der Waals surface area contributed by atoms with E-state index in [1.165, 1.54) is 12.8 Å². The molecule has 2 aromatic rings. The van der Waals surface area contributed by atoms with Crippen LogP contribution >= 0.6 is 0 Å². The van der Waals surface area contributed by atoms with Crippen LogP contribution in [0.25, 0.3) is 0 Å². The van der Waals surface area contributed by atoms with Gasteiger partial charge in [-0.3, -0.25) is 14.6 Å². The summed E-state index contributed by atoms with van der Waals surface area (Å²) in [7, 11) is 0. The molecule has 2 fully saturated rings. The van der Waals surface area contributed by atoms with Crippen LogP contribution in [0.4, 0.5) is 5.69 Å². The molecule has 0 spiro atoms. The first-order valence-corrected chi connectivity index (χ1v) is 9.79. The predicted molar refractivity (Wildman–Crippen MR) is 107 cm³/mol. The molecule has 0 radical (unpaired) electrons. The van der Waals surface area contributed by atoms with Crippen molar-refractivity contribution in [1.29, 1.82) is 0 Å². The minimum absolute atomic E-state index is 0.0977. The fraction of sp³-hybridized carbons (Fsp3) is 0.409. The number of benzene rings is 2. The molecule has 2 aliphatic heterocycles. The first-order chi connectivity index (χ1) is 13.2. The van der Waals surface area contributed by atoms with Gasteiger partial charge in [-0.05, 0) is 55.8 Å². The van der Waals surface area contributed by atoms with E-state index in [2.05, 4.69) is 21.2 Å². The Labute approximate surface area is 160 Å². The molecule has 27 heavy (non-hydrogen) atoms. The zero-order valence-corrected chi connectivity index (χ0v) is 15.6. The minimum atomic E-state index is -0.285. The van der Waals surface area contributed by atoms with E-state index < -0.39 is 0 Å². The van der Waals surface area contributed by atoms with Gasteiger partial charge in [0.25, 0.3) is 5.91 Å². The summed E-state index contributed by atoms with van der Waals surface area (Å²) in [4.78, 5) is 17.2. The van der Waals surface area contributed by atoms with Gasteiger partial charge < -0.3 is 10.4 Å². The predicted octanol–water partition coefficient (Wildman–Crippen LogP) is 2.58. The molecule has 1 amide bonds. The van der Waals surface area contributed by atoms with Crippen LogP contribution in [0.2, 0.25) is 0 Å². The number of carbonyl (C=O) groups is 1. The Morgan fingerprint density at radius 3 is 2.59 bits per heavy atom. The maximum atomic E-state index is 12.5. The van der Waals surface area contributed by atoms with Crippen LogP contribution in [0.15, 0.2) is 54.6 Å². The number of hydrogen-bond donors (Lipinski definition) is 2. The van der Waals surface area contributed by atoms with E-state index in [-0.39, 0.29) is 18.1 Å². The molecule has 2 atom stereocenters. The van der Waals surface area contributed by atoms with Crippen LogP contribution in [0.1, 0.15) is 28.8 Å². The van der Waals surface area contributed by atoms with Crippen molar-refractivity contribution < 1.29 is 9.90 Å². The molecule has 2 aromatic carbocycles. The molecule has 5 nitrogen and oxygen atoms in total.